The minimum Gasteiger partial charge on any atom is -0.375 e. The number of halogens is 1. The zero-order valence-corrected chi connectivity index (χ0v) is 24.7. The molecule has 3 heterocycles. The van der Waals surface area contributed by atoms with Gasteiger partial charge in [0.1, 0.15) is 6.61 Å². The number of nitrogens with zero attached hydrogens (tertiary/aromatic N) is 3. The second-order valence-corrected chi connectivity index (χ2v) is 10.8. The maximum Gasteiger partial charge on any atom is 0.250 e. The standard InChI is InChI=1S/C31H32ClN5O2S/c1-18-9-8-11-27(20(18)3)36-19(2)15-23(21(36)4)30-29(26-10-6-7-14-33-26)35-31(40)37(30)22-12-13-25(24(32)16-22)34-28(38)17-39-5/h6-16,29-30H,17H2,1-5H3,(H,34,38)(H,35,40)/t29-,30+/m1/s1. The Morgan fingerprint density at radius 3 is 2.60 bits per heavy atom. The third-order valence-electron chi connectivity index (χ3n) is 7.48. The summed E-state index contributed by atoms with van der Waals surface area (Å²) in [5.74, 6) is -0.275. The van der Waals surface area contributed by atoms with Crippen molar-refractivity contribution in [3.63, 3.8) is 0 Å². The first-order valence-electron chi connectivity index (χ1n) is 13.1. The highest BCUT2D eigenvalue weighted by Crippen LogP contribution is 2.45. The van der Waals surface area contributed by atoms with E-state index >= 15 is 0 Å². The number of aromatic nitrogens is 2. The molecule has 4 aromatic rings. The fraction of sp³-hybridized carbons (Fsp3) is 0.258. The third kappa shape index (κ3) is 5.10. The molecule has 0 unspecified atom stereocenters. The first kappa shape index (κ1) is 27.8. The number of rotatable bonds is 7. The Morgan fingerprint density at radius 2 is 1.90 bits per heavy atom. The van der Waals surface area contributed by atoms with E-state index < -0.39 is 0 Å². The molecule has 0 radical (unpaired) electrons. The van der Waals surface area contributed by atoms with Crippen molar-refractivity contribution >= 4 is 46.2 Å². The summed E-state index contributed by atoms with van der Waals surface area (Å²) in [4.78, 5) is 18.9. The van der Waals surface area contributed by atoms with Crippen LogP contribution in [-0.2, 0) is 9.53 Å². The molecule has 2 aromatic heterocycles. The van der Waals surface area contributed by atoms with Gasteiger partial charge in [0.15, 0.2) is 5.11 Å². The molecule has 0 saturated carbocycles. The van der Waals surface area contributed by atoms with Gasteiger partial charge in [0.05, 0.1) is 28.5 Å². The molecule has 0 aliphatic carbocycles. The molecule has 1 aliphatic rings. The highest BCUT2D eigenvalue weighted by molar-refractivity contribution is 7.80. The number of anilines is 2. The van der Waals surface area contributed by atoms with Crippen LogP contribution in [0.2, 0.25) is 5.02 Å². The lowest BCUT2D eigenvalue weighted by molar-refractivity contribution is -0.119. The summed E-state index contributed by atoms with van der Waals surface area (Å²) in [5.41, 5.74) is 9.26. The van der Waals surface area contributed by atoms with Crippen molar-refractivity contribution in [3.05, 3.63) is 106 Å². The van der Waals surface area contributed by atoms with Gasteiger partial charge < -0.3 is 24.8 Å². The second-order valence-electron chi connectivity index (χ2n) is 10.0. The van der Waals surface area contributed by atoms with Crippen molar-refractivity contribution in [1.29, 1.82) is 0 Å². The Kier molecular flexibility index (Phi) is 7.94. The summed E-state index contributed by atoms with van der Waals surface area (Å²) in [5, 5.41) is 7.29. The van der Waals surface area contributed by atoms with E-state index in [9.17, 15) is 4.79 Å². The second kappa shape index (κ2) is 11.4. The van der Waals surface area contributed by atoms with E-state index in [1.165, 1.54) is 18.2 Å². The van der Waals surface area contributed by atoms with Crippen molar-refractivity contribution in [3.8, 4) is 5.69 Å². The van der Waals surface area contributed by atoms with Crippen LogP contribution in [0.1, 0.15) is 45.9 Å². The molecule has 0 bridgehead atoms. The number of carbonyl (C=O) groups is 1. The van der Waals surface area contributed by atoms with Crippen LogP contribution in [0.4, 0.5) is 11.4 Å². The van der Waals surface area contributed by atoms with Crippen LogP contribution in [0.15, 0.2) is 66.9 Å². The van der Waals surface area contributed by atoms with Crippen LogP contribution in [0.25, 0.3) is 5.69 Å². The number of amides is 1. The van der Waals surface area contributed by atoms with Gasteiger partial charge in [-0.15, -0.1) is 0 Å². The first-order valence-corrected chi connectivity index (χ1v) is 13.8. The Hall–Kier alpha value is -3.72. The molecular weight excluding hydrogens is 542 g/mol. The number of benzene rings is 2. The van der Waals surface area contributed by atoms with E-state index in [0.717, 1.165) is 34.0 Å². The topological polar surface area (TPSA) is 71.4 Å². The average Bonchev–Trinajstić information content (AvgIpc) is 3.42. The van der Waals surface area contributed by atoms with Gasteiger partial charge in [-0.05, 0) is 99.1 Å². The van der Waals surface area contributed by atoms with Gasteiger partial charge in [-0.3, -0.25) is 9.78 Å². The smallest absolute Gasteiger partial charge is 0.250 e. The highest BCUT2D eigenvalue weighted by atomic mass is 35.5. The number of thiocarbonyl (C=S) groups is 1. The van der Waals surface area contributed by atoms with Crippen molar-refractivity contribution in [2.24, 2.45) is 0 Å². The number of pyridine rings is 1. The molecule has 0 spiro atoms. The third-order valence-corrected chi connectivity index (χ3v) is 8.11. The highest BCUT2D eigenvalue weighted by Gasteiger charge is 2.42. The van der Waals surface area contributed by atoms with Gasteiger partial charge in [-0.2, -0.15) is 0 Å². The van der Waals surface area contributed by atoms with Gasteiger partial charge in [-0.25, -0.2) is 0 Å². The number of methoxy groups -OCH3 is 1. The quantitative estimate of drug-likeness (QED) is 0.245. The molecule has 2 aromatic carbocycles. The summed E-state index contributed by atoms with van der Waals surface area (Å²) in [6.45, 7) is 8.53. The predicted octanol–water partition coefficient (Wildman–Crippen LogP) is 6.52. The Balaban J connectivity index is 1.63. The van der Waals surface area contributed by atoms with Crippen LogP contribution in [-0.4, -0.2) is 34.3 Å². The molecule has 7 nitrogen and oxygen atoms in total. The number of hydrogen-bond donors (Lipinski definition) is 2. The zero-order chi connectivity index (χ0) is 28.6. The van der Waals surface area contributed by atoms with Crippen molar-refractivity contribution in [2.75, 3.05) is 23.9 Å². The maximum absolute atomic E-state index is 12.1. The normalized spacial score (nSPS) is 16.8. The minimum absolute atomic E-state index is 0.0535. The van der Waals surface area contributed by atoms with Crippen LogP contribution >= 0.6 is 23.8 Å². The Bertz CT molecular complexity index is 1590. The molecule has 1 saturated heterocycles. The summed E-state index contributed by atoms with van der Waals surface area (Å²) in [6.07, 6.45) is 1.80. The van der Waals surface area contributed by atoms with E-state index in [-0.39, 0.29) is 24.6 Å². The van der Waals surface area contributed by atoms with Gasteiger partial charge >= 0.3 is 0 Å². The average molecular weight is 574 g/mol. The zero-order valence-electron chi connectivity index (χ0n) is 23.2. The lowest BCUT2D eigenvalue weighted by atomic mass is 9.96. The molecule has 9 heteroatoms. The predicted molar refractivity (Wildman–Crippen MR) is 165 cm³/mol. The van der Waals surface area contributed by atoms with Crippen molar-refractivity contribution in [2.45, 2.75) is 39.8 Å². The van der Waals surface area contributed by atoms with E-state index in [1.54, 1.807) is 12.3 Å². The summed E-state index contributed by atoms with van der Waals surface area (Å²) in [7, 11) is 1.47. The number of carbonyl (C=O) groups excluding carboxylic acids is 1. The van der Waals surface area contributed by atoms with Gasteiger partial charge in [0.2, 0.25) is 5.91 Å². The molecule has 2 N–H and O–H groups in total. The van der Waals surface area contributed by atoms with Crippen molar-refractivity contribution in [1.82, 2.24) is 14.9 Å². The molecule has 40 heavy (non-hydrogen) atoms. The van der Waals surface area contributed by atoms with E-state index in [2.05, 4.69) is 77.0 Å². The van der Waals surface area contributed by atoms with Gasteiger partial charge in [0.25, 0.3) is 0 Å². The molecule has 1 fully saturated rings. The largest absolute Gasteiger partial charge is 0.375 e. The summed E-state index contributed by atoms with van der Waals surface area (Å²) < 4.78 is 7.24. The number of aryl methyl sites for hydroxylation is 2. The maximum atomic E-state index is 12.1. The van der Waals surface area contributed by atoms with Crippen molar-refractivity contribution < 1.29 is 9.53 Å². The monoisotopic (exact) mass is 573 g/mol. The van der Waals surface area contributed by atoms with Crippen LogP contribution in [0.3, 0.4) is 0 Å². The molecular formula is C31H32ClN5O2S. The van der Waals surface area contributed by atoms with E-state index in [4.69, 9.17) is 28.6 Å². The Morgan fingerprint density at radius 1 is 1.10 bits per heavy atom. The SMILES string of the molecule is COCC(=O)Nc1ccc(N2C(=S)N[C@H](c3ccccn3)[C@@H]2c2cc(C)n(-c3cccc(C)c3C)c2C)cc1Cl. The van der Waals surface area contributed by atoms with E-state index in [0.29, 0.717) is 15.8 Å². The van der Waals surface area contributed by atoms with Crippen LogP contribution in [0.5, 0.6) is 0 Å². The lowest BCUT2D eigenvalue weighted by Crippen LogP contribution is -2.29. The van der Waals surface area contributed by atoms with Crippen LogP contribution < -0.4 is 15.5 Å². The number of nitrogens with one attached hydrogen (secondary N) is 2. The Labute approximate surface area is 245 Å². The lowest BCUT2D eigenvalue weighted by Gasteiger charge is -2.28. The fourth-order valence-electron chi connectivity index (χ4n) is 5.46. The summed E-state index contributed by atoms with van der Waals surface area (Å²) >= 11 is 12.6. The molecule has 1 aliphatic heterocycles. The summed E-state index contributed by atoms with van der Waals surface area (Å²) in [6, 6.07) is 19.7. The molecule has 1 amide bonds. The molecule has 206 valence electrons. The number of ether oxygens (including phenoxy) is 1. The molecule has 5 rings (SSSR count). The van der Waals surface area contributed by atoms with E-state index in [1.807, 2.05) is 30.3 Å². The fourth-order valence-corrected chi connectivity index (χ4v) is 6.03. The van der Waals surface area contributed by atoms with Crippen LogP contribution in [0, 0.1) is 27.7 Å². The number of hydrogen-bond acceptors (Lipinski definition) is 4. The molecule has 2 atom stereocenters. The van der Waals surface area contributed by atoms with Gasteiger partial charge in [0, 0.05) is 36.1 Å². The minimum atomic E-state index is -0.275. The van der Waals surface area contributed by atoms with Gasteiger partial charge in [-0.1, -0.05) is 29.8 Å². The first-order chi connectivity index (χ1) is 19.2.